The van der Waals surface area contributed by atoms with Crippen molar-refractivity contribution in [3.8, 4) is 0 Å². The summed E-state index contributed by atoms with van der Waals surface area (Å²) in [6.07, 6.45) is 1.75. The molecule has 0 radical (unpaired) electrons. The van der Waals surface area contributed by atoms with Crippen LogP contribution in [-0.4, -0.2) is 11.7 Å². The van der Waals surface area contributed by atoms with E-state index in [-0.39, 0.29) is 12.5 Å². The van der Waals surface area contributed by atoms with E-state index in [2.05, 4.69) is 28.1 Å². The minimum Gasteiger partial charge on any atom is -0.396 e. The van der Waals surface area contributed by atoms with Gasteiger partial charge in [0.15, 0.2) is 0 Å². The molecule has 0 amide bonds. The van der Waals surface area contributed by atoms with Crippen LogP contribution in [0, 0.1) is 5.92 Å². The molecule has 0 spiro atoms. The van der Waals surface area contributed by atoms with E-state index in [1.54, 1.807) is 0 Å². The molecule has 0 fully saturated rings. The van der Waals surface area contributed by atoms with E-state index in [9.17, 15) is 5.11 Å². The highest BCUT2D eigenvalue weighted by Crippen LogP contribution is 2.18. The van der Waals surface area contributed by atoms with E-state index in [0.29, 0.717) is 0 Å². The van der Waals surface area contributed by atoms with E-state index >= 15 is 0 Å². The summed E-state index contributed by atoms with van der Waals surface area (Å²) in [6, 6.07) is 16.1. The lowest BCUT2D eigenvalue weighted by atomic mass is 9.93. The first-order valence-corrected chi connectivity index (χ1v) is 7.44. The average molecular weight is 340 g/mol. The summed E-state index contributed by atoms with van der Waals surface area (Å²) in [7, 11) is 0. The Morgan fingerprint density at radius 2 is 1.37 bits per heavy atom. The highest BCUT2D eigenvalue weighted by Gasteiger charge is 2.10. The van der Waals surface area contributed by atoms with Gasteiger partial charge in [0.2, 0.25) is 0 Å². The van der Waals surface area contributed by atoms with Gasteiger partial charge in [-0.15, -0.1) is 0 Å². The van der Waals surface area contributed by atoms with E-state index in [1.807, 2.05) is 36.4 Å². The first-order valence-electron chi connectivity index (χ1n) is 6.27. The maximum absolute atomic E-state index is 9.52. The smallest absolute Gasteiger partial charge is 0.0465 e. The van der Waals surface area contributed by atoms with Gasteiger partial charge in [-0.3, -0.25) is 0 Å². The Hall–Kier alpha value is -0.830. The van der Waals surface area contributed by atoms with Gasteiger partial charge in [0.05, 0.1) is 0 Å². The summed E-state index contributed by atoms with van der Waals surface area (Å²) < 4.78 is 1.08. The van der Waals surface area contributed by atoms with Crippen LogP contribution in [0.15, 0.2) is 53.0 Å². The minimum absolute atomic E-state index is 0.193. The molecule has 0 saturated heterocycles. The molecule has 2 rings (SSSR count). The van der Waals surface area contributed by atoms with Crippen LogP contribution in [0.1, 0.15) is 11.1 Å². The summed E-state index contributed by atoms with van der Waals surface area (Å²) in [5, 5.41) is 10.3. The monoisotopic (exact) mass is 338 g/mol. The fraction of sp³-hybridized carbons (Fsp3) is 0.250. The van der Waals surface area contributed by atoms with Crippen molar-refractivity contribution in [2.75, 3.05) is 6.61 Å². The largest absolute Gasteiger partial charge is 0.396 e. The van der Waals surface area contributed by atoms with Crippen molar-refractivity contribution in [3.63, 3.8) is 0 Å². The zero-order chi connectivity index (χ0) is 13.7. The number of hydrogen-bond acceptors (Lipinski definition) is 1. The molecular weight excluding hydrogens is 324 g/mol. The molecule has 0 saturated carbocycles. The van der Waals surface area contributed by atoms with Crippen LogP contribution in [0.2, 0.25) is 5.02 Å². The van der Waals surface area contributed by atoms with Gasteiger partial charge >= 0.3 is 0 Å². The van der Waals surface area contributed by atoms with Gasteiger partial charge in [0.25, 0.3) is 0 Å². The summed E-state index contributed by atoms with van der Waals surface area (Å²) in [5.74, 6) is 0.238. The topological polar surface area (TPSA) is 20.2 Å². The second-order valence-corrected chi connectivity index (χ2v) is 6.06. The number of aliphatic hydroxyl groups excluding tert-OH is 1. The number of halogens is 2. The molecule has 0 aliphatic heterocycles. The Morgan fingerprint density at radius 1 is 0.895 bits per heavy atom. The summed E-state index contributed by atoms with van der Waals surface area (Å²) in [4.78, 5) is 0. The van der Waals surface area contributed by atoms with Gasteiger partial charge in [-0.05, 0) is 54.2 Å². The summed E-state index contributed by atoms with van der Waals surface area (Å²) >= 11 is 9.30. The molecule has 2 aromatic rings. The molecule has 0 bridgehead atoms. The lowest BCUT2D eigenvalue weighted by Gasteiger charge is -2.14. The predicted octanol–water partition coefficient (Wildman–Crippen LogP) is 4.50. The highest BCUT2D eigenvalue weighted by molar-refractivity contribution is 9.10. The molecule has 1 nitrogen and oxygen atoms in total. The third-order valence-corrected chi connectivity index (χ3v) is 3.91. The lowest BCUT2D eigenvalue weighted by Crippen LogP contribution is -2.12. The quantitative estimate of drug-likeness (QED) is 0.850. The normalized spacial score (nSPS) is 12.4. The van der Waals surface area contributed by atoms with Crippen LogP contribution in [-0.2, 0) is 12.8 Å². The molecule has 0 heterocycles. The molecule has 1 unspecified atom stereocenters. The number of aliphatic hydroxyl groups is 1. The Morgan fingerprint density at radius 3 is 1.84 bits per heavy atom. The Bertz CT molecular complexity index is 460. The van der Waals surface area contributed by atoms with E-state index < -0.39 is 0 Å². The van der Waals surface area contributed by atoms with Crippen LogP contribution in [0.25, 0.3) is 0 Å². The van der Waals surface area contributed by atoms with E-state index in [0.717, 1.165) is 22.3 Å². The first-order chi connectivity index (χ1) is 9.17. The standard InChI is InChI=1S/C16H16BrClO/c17-15-5-1-12(2-6-15)9-14(11-19)10-13-3-7-16(18)8-4-13/h1-8,14,19H,9-11H2. The molecule has 2 aromatic carbocycles. The molecule has 0 aliphatic rings. The maximum atomic E-state index is 9.52. The van der Waals surface area contributed by atoms with Crippen LogP contribution in [0.3, 0.4) is 0 Å². The Kier molecular flexibility index (Phi) is 5.44. The zero-order valence-electron chi connectivity index (χ0n) is 10.5. The van der Waals surface area contributed by atoms with Crippen molar-refractivity contribution in [3.05, 3.63) is 69.2 Å². The summed E-state index contributed by atoms with van der Waals surface area (Å²) in [6.45, 7) is 0.193. The third kappa shape index (κ3) is 4.64. The molecular formula is C16H16BrClO. The van der Waals surface area contributed by atoms with Gasteiger partial charge in [0, 0.05) is 16.1 Å². The number of hydrogen-bond donors (Lipinski definition) is 1. The molecule has 0 aromatic heterocycles. The number of benzene rings is 2. The van der Waals surface area contributed by atoms with Crippen LogP contribution in [0.4, 0.5) is 0 Å². The van der Waals surface area contributed by atoms with Crippen molar-refractivity contribution in [2.24, 2.45) is 5.92 Å². The number of rotatable bonds is 5. The van der Waals surface area contributed by atoms with Gasteiger partial charge in [-0.2, -0.15) is 0 Å². The molecule has 19 heavy (non-hydrogen) atoms. The third-order valence-electron chi connectivity index (χ3n) is 3.13. The van der Waals surface area contributed by atoms with Crippen LogP contribution in [0.5, 0.6) is 0 Å². The second kappa shape index (κ2) is 7.09. The van der Waals surface area contributed by atoms with Crippen LogP contribution < -0.4 is 0 Å². The molecule has 0 aliphatic carbocycles. The summed E-state index contributed by atoms with van der Waals surface area (Å²) in [5.41, 5.74) is 2.46. The molecule has 100 valence electrons. The fourth-order valence-electron chi connectivity index (χ4n) is 2.11. The fourth-order valence-corrected chi connectivity index (χ4v) is 2.50. The van der Waals surface area contributed by atoms with Gasteiger partial charge in [-0.25, -0.2) is 0 Å². The maximum Gasteiger partial charge on any atom is 0.0465 e. The second-order valence-electron chi connectivity index (χ2n) is 4.71. The average Bonchev–Trinajstić information content (AvgIpc) is 2.43. The van der Waals surface area contributed by atoms with Gasteiger partial charge in [-0.1, -0.05) is 51.8 Å². The lowest BCUT2D eigenvalue weighted by molar-refractivity contribution is 0.225. The molecule has 1 N–H and O–H groups in total. The van der Waals surface area contributed by atoms with Crippen LogP contribution >= 0.6 is 27.5 Å². The van der Waals surface area contributed by atoms with Gasteiger partial charge in [0.1, 0.15) is 0 Å². The van der Waals surface area contributed by atoms with Crippen molar-refractivity contribution >= 4 is 27.5 Å². The van der Waals surface area contributed by atoms with Crippen molar-refractivity contribution in [2.45, 2.75) is 12.8 Å². The zero-order valence-corrected chi connectivity index (χ0v) is 12.9. The Balaban J connectivity index is 2.00. The SMILES string of the molecule is OCC(Cc1ccc(Cl)cc1)Cc1ccc(Br)cc1. The van der Waals surface area contributed by atoms with E-state index in [1.165, 1.54) is 11.1 Å². The Labute approximate surface area is 127 Å². The van der Waals surface area contributed by atoms with Crippen molar-refractivity contribution in [1.82, 2.24) is 0 Å². The minimum atomic E-state index is 0.193. The molecule has 3 heteroatoms. The van der Waals surface area contributed by atoms with E-state index in [4.69, 9.17) is 11.6 Å². The van der Waals surface area contributed by atoms with Crippen molar-refractivity contribution < 1.29 is 5.11 Å². The van der Waals surface area contributed by atoms with Gasteiger partial charge < -0.3 is 5.11 Å². The first kappa shape index (κ1) is 14.6. The molecule has 1 atom stereocenters. The predicted molar refractivity (Wildman–Crippen MR) is 83.6 cm³/mol. The highest BCUT2D eigenvalue weighted by atomic mass is 79.9. The van der Waals surface area contributed by atoms with Crippen molar-refractivity contribution in [1.29, 1.82) is 0 Å².